The highest BCUT2D eigenvalue weighted by atomic mass is 16.5. The summed E-state index contributed by atoms with van der Waals surface area (Å²) >= 11 is 0. The maximum atomic E-state index is 12.6. The quantitative estimate of drug-likeness (QED) is 0.849. The van der Waals surface area contributed by atoms with Crippen LogP contribution in [0.2, 0.25) is 0 Å². The summed E-state index contributed by atoms with van der Waals surface area (Å²) in [5.74, 6) is 0.500. The van der Waals surface area contributed by atoms with Gasteiger partial charge in [0.15, 0.2) is 0 Å². The molecule has 23 heavy (non-hydrogen) atoms. The first-order valence-electron chi connectivity index (χ1n) is 7.95. The number of hydrogen-bond acceptors (Lipinski definition) is 5. The Morgan fingerprint density at radius 2 is 2.09 bits per heavy atom. The fraction of sp³-hybridized carbons (Fsp3) is 0.562. The van der Waals surface area contributed by atoms with E-state index >= 15 is 0 Å². The zero-order valence-electron chi connectivity index (χ0n) is 13.7. The van der Waals surface area contributed by atoms with Crippen molar-refractivity contribution in [1.29, 1.82) is 0 Å². The number of nitrogens with one attached hydrogen (secondary N) is 1. The van der Waals surface area contributed by atoms with E-state index in [-0.39, 0.29) is 11.8 Å². The lowest BCUT2D eigenvalue weighted by Gasteiger charge is -2.21. The molecule has 0 atom stereocenters. The first-order valence-corrected chi connectivity index (χ1v) is 7.95. The summed E-state index contributed by atoms with van der Waals surface area (Å²) in [5.41, 5.74) is 0.563. The number of rotatable bonds is 5. The molecule has 1 N–H and O–H groups in total. The van der Waals surface area contributed by atoms with Crippen molar-refractivity contribution >= 4 is 11.8 Å². The number of carbonyl (C=O) groups excluding carboxylic acids is 2. The van der Waals surface area contributed by atoms with E-state index in [0.29, 0.717) is 44.2 Å². The number of ether oxygens (including phenoxy) is 1. The predicted octanol–water partition coefficient (Wildman–Crippen LogP) is 0.374. The van der Waals surface area contributed by atoms with Crippen molar-refractivity contribution in [2.45, 2.75) is 13.3 Å². The Bertz CT molecular complexity index is 533. The summed E-state index contributed by atoms with van der Waals surface area (Å²) in [4.78, 5) is 32.0. The molecule has 0 radical (unpaired) electrons. The predicted molar refractivity (Wildman–Crippen MR) is 86.4 cm³/mol. The van der Waals surface area contributed by atoms with Crippen LogP contribution in [0.1, 0.15) is 23.7 Å². The molecule has 0 unspecified atom stereocenters. The minimum atomic E-state index is -0.0256. The molecule has 2 heterocycles. The molecule has 0 aromatic carbocycles. The molecule has 0 bridgehead atoms. The summed E-state index contributed by atoms with van der Waals surface area (Å²) in [6.45, 7) is 5.64. The molecular weight excluding hydrogens is 296 g/mol. The number of aromatic nitrogens is 1. The molecule has 1 fully saturated rings. The van der Waals surface area contributed by atoms with Gasteiger partial charge >= 0.3 is 0 Å². The highest BCUT2D eigenvalue weighted by Crippen LogP contribution is 2.12. The van der Waals surface area contributed by atoms with E-state index in [1.165, 1.54) is 0 Å². The van der Waals surface area contributed by atoms with Crippen LogP contribution in [0, 0.1) is 0 Å². The molecule has 0 saturated carbocycles. The van der Waals surface area contributed by atoms with Crippen molar-refractivity contribution in [1.82, 2.24) is 20.1 Å². The lowest BCUT2D eigenvalue weighted by atomic mass is 10.2. The molecule has 2 rings (SSSR count). The molecule has 7 nitrogen and oxygen atoms in total. The standard InChI is InChI=1S/C16H24N4O3/c1-3-23-15-6-5-13(11-18-15)16(22)20-8-4-7-19(9-10-20)12-14(21)17-2/h5-6,11H,3-4,7-10,12H2,1-2H3,(H,17,21). The molecule has 1 aromatic heterocycles. The number of pyridine rings is 1. The Morgan fingerprint density at radius 3 is 2.74 bits per heavy atom. The summed E-state index contributed by atoms with van der Waals surface area (Å²) in [6.07, 6.45) is 2.41. The number of hydrogen-bond donors (Lipinski definition) is 1. The second-order valence-corrected chi connectivity index (χ2v) is 5.41. The van der Waals surface area contributed by atoms with Crippen molar-refractivity contribution in [3.63, 3.8) is 0 Å². The van der Waals surface area contributed by atoms with Crippen LogP contribution in [0.15, 0.2) is 18.3 Å². The SMILES string of the molecule is CCOc1ccc(C(=O)N2CCCN(CC(=O)NC)CC2)cn1. The Hall–Kier alpha value is -2.15. The van der Waals surface area contributed by atoms with Gasteiger partial charge in [0.25, 0.3) is 5.91 Å². The average Bonchev–Trinajstić information content (AvgIpc) is 2.80. The normalized spacial score (nSPS) is 15.8. The lowest BCUT2D eigenvalue weighted by Crippen LogP contribution is -2.39. The van der Waals surface area contributed by atoms with Crippen molar-refractivity contribution in [3.05, 3.63) is 23.9 Å². The third-order valence-corrected chi connectivity index (χ3v) is 3.80. The van der Waals surface area contributed by atoms with Gasteiger partial charge in [-0.3, -0.25) is 14.5 Å². The molecule has 1 aliphatic rings. The van der Waals surface area contributed by atoms with Gasteiger partial charge in [-0.15, -0.1) is 0 Å². The second kappa shape index (κ2) is 8.47. The maximum absolute atomic E-state index is 12.6. The van der Waals surface area contributed by atoms with E-state index in [2.05, 4.69) is 15.2 Å². The van der Waals surface area contributed by atoms with E-state index < -0.39 is 0 Å². The summed E-state index contributed by atoms with van der Waals surface area (Å²) < 4.78 is 5.29. The third-order valence-electron chi connectivity index (χ3n) is 3.80. The van der Waals surface area contributed by atoms with Gasteiger partial charge < -0.3 is 15.0 Å². The zero-order valence-corrected chi connectivity index (χ0v) is 13.7. The number of amides is 2. The molecule has 1 aromatic rings. The first-order chi connectivity index (χ1) is 11.1. The molecular formula is C16H24N4O3. The van der Waals surface area contributed by atoms with Gasteiger partial charge in [0, 0.05) is 45.5 Å². The van der Waals surface area contributed by atoms with E-state index in [1.807, 2.05) is 11.8 Å². The van der Waals surface area contributed by atoms with E-state index in [9.17, 15) is 9.59 Å². The Morgan fingerprint density at radius 1 is 1.26 bits per heavy atom. The average molecular weight is 320 g/mol. The van der Waals surface area contributed by atoms with Gasteiger partial charge in [0.05, 0.1) is 18.7 Å². The number of nitrogens with zero attached hydrogens (tertiary/aromatic N) is 3. The Balaban J connectivity index is 1.93. The summed E-state index contributed by atoms with van der Waals surface area (Å²) in [5, 5.41) is 2.63. The molecule has 1 aliphatic heterocycles. The molecule has 2 amide bonds. The second-order valence-electron chi connectivity index (χ2n) is 5.41. The van der Waals surface area contributed by atoms with Gasteiger partial charge in [-0.05, 0) is 19.4 Å². The van der Waals surface area contributed by atoms with E-state index in [0.717, 1.165) is 13.0 Å². The van der Waals surface area contributed by atoms with Crippen LogP contribution >= 0.6 is 0 Å². The third kappa shape index (κ3) is 4.92. The number of carbonyl (C=O) groups is 2. The van der Waals surface area contributed by atoms with Crippen molar-refractivity contribution in [3.8, 4) is 5.88 Å². The van der Waals surface area contributed by atoms with Gasteiger partial charge in [0.1, 0.15) is 0 Å². The van der Waals surface area contributed by atoms with Crippen LogP contribution in [0.3, 0.4) is 0 Å². The zero-order chi connectivity index (χ0) is 16.7. The van der Waals surface area contributed by atoms with Gasteiger partial charge in [-0.25, -0.2) is 4.98 Å². The topological polar surface area (TPSA) is 74.8 Å². The molecule has 126 valence electrons. The van der Waals surface area contributed by atoms with E-state index in [4.69, 9.17) is 4.74 Å². The summed E-state index contributed by atoms with van der Waals surface area (Å²) in [6, 6.07) is 3.46. The summed E-state index contributed by atoms with van der Waals surface area (Å²) in [7, 11) is 1.63. The van der Waals surface area contributed by atoms with Crippen LogP contribution in [0.5, 0.6) is 5.88 Å². The largest absolute Gasteiger partial charge is 0.478 e. The fourth-order valence-corrected chi connectivity index (χ4v) is 2.54. The number of likely N-dealkylation sites (N-methyl/N-ethyl adjacent to an activating group) is 1. The minimum absolute atomic E-state index is 0.000453. The van der Waals surface area contributed by atoms with Crippen LogP contribution in [0.25, 0.3) is 0 Å². The highest BCUT2D eigenvalue weighted by molar-refractivity contribution is 5.94. The fourth-order valence-electron chi connectivity index (χ4n) is 2.54. The molecule has 7 heteroatoms. The minimum Gasteiger partial charge on any atom is -0.478 e. The Kier molecular flexibility index (Phi) is 6.34. The van der Waals surface area contributed by atoms with Crippen molar-refractivity contribution < 1.29 is 14.3 Å². The van der Waals surface area contributed by atoms with Crippen LogP contribution in [-0.2, 0) is 4.79 Å². The Labute approximate surface area is 136 Å². The van der Waals surface area contributed by atoms with Crippen LogP contribution in [0.4, 0.5) is 0 Å². The van der Waals surface area contributed by atoms with Crippen molar-refractivity contribution in [2.24, 2.45) is 0 Å². The smallest absolute Gasteiger partial charge is 0.255 e. The van der Waals surface area contributed by atoms with Crippen molar-refractivity contribution in [2.75, 3.05) is 46.4 Å². The van der Waals surface area contributed by atoms with Gasteiger partial charge in [-0.1, -0.05) is 0 Å². The van der Waals surface area contributed by atoms with Crippen LogP contribution < -0.4 is 10.1 Å². The lowest BCUT2D eigenvalue weighted by molar-refractivity contribution is -0.121. The monoisotopic (exact) mass is 320 g/mol. The highest BCUT2D eigenvalue weighted by Gasteiger charge is 2.21. The first kappa shape index (κ1) is 17.2. The van der Waals surface area contributed by atoms with Gasteiger partial charge in [0.2, 0.25) is 11.8 Å². The maximum Gasteiger partial charge on any atom is 0.255 e. The van der Waals surface area contributed by atoms with Crippen LogP contribution in [-0.4, -0.2) is 73.0 Å². The van der Waals surface area contributed by atoms with Gasteiger partial charge in [-0.2, -0.15) is 0 Å². The molecule has 0 aliphatic carbocycles. The molecule has 1 saturated heterocycles. The van der Waals surface area contributed by atoms with E-state index in [1.54, 1.807) is 25.4 Å². The molecule has 0 spiro atoms.